The van der Waals surface area contributed by atoms with Crippen molar-refractivity contribution in [1.29, 1.82) is 0 Å². The largest absolute Gasteiger partial charge is 0.376 e. The van der Waals surface area contributed by atoms with E-state index in [0.29, 0.717) is 11.4 Å². The number of para-hydroxylation sites is 2. The summed E-state index contributed by atoms with van der Waals surface area (Å²) in [5.41, 5.74) is 4.42. The van der Waals surface area contributed by atoms with E-state index < -0.39 is 5.72 Å². The Hall–Kier alpha value is -3.76. The molecular formula is C28H22ClN3O. The van der Waals surface area contributed by atoms with Gasteiger partial charge in [0.2, 0.25) is 5.72 Å². The second-order valence-corrected chi connectivity index (χ2v) is 8.76. The average Bonchev–Trinajstić information content (AvgIpc) is 3.18. The highest BCUT2D eigenvalue weighted by atomic mass is 35.5. The molecule has 0 saturated carbocycles. The maximum Gasteiger partial charge on any atom is 0.243 e. The molecule has 162 valence electrons. The van der Waals surface area contributed by atoms with Crippen LogP contribution in [-0.4, -0.2) is 5.84 Å². The number of anilines is 2. The summed E-state index contributed by atoms with van der Waals surface area (Å²) in [5, 5.41) is 9.14. The number of nitrogens with one attached hydrogen (secondary N) is 1. The summed E-state index contributed by atoms with van der Waals surface area (Å²) in [6.45, 7) is 0. The molecule has 0 aromatic heterocycles. The van der Waals surface area contributed by atoms with Crippen LogP contribution in [0.3, 0.4) is 0 Å². The number of nitrogens with zero attached hydrogens (tertiary/aromatic N) is 2. The summed E-state index contributed by atoms with van der Waals surface area (Å²) >= 11 is 6.26. The lowest BCUT2D eigenvalue weighted by Crippen LogP contribution is -2.47. The van der Waals surface area contributed by atoms with Crippen LogP contribution in [0.4, 0.5) is 11.4 Å². The zero-order valence-electron chi connectivity index (χ0n) is 17.9. The Labute approximate surface area is 198 Å². The van der Waals surface area contributed by atoms with Crippen molar-refractivity contribution in [2.45, 2.75) is 18.2 Å². The SMILES string of the molecule is Clc1ccc(C23CC(c4ccccc4)Nc4ccccc4N2C(c2ccccc2)=NO3)cc1. The van der Waals surface area contributed by atoms with Crippen LogP contribution >= 0.6 is 11.6 Å². The van der Waals surface area contributed by atoms with E-state index >= 15 is 0 Å². The van der Waals surface area contributed by atoms with Crippen molar-refractivity contribution in [2.75, 3.05) is 10.2 Å². The average molecular weight is 452 g/mol. The van der Waals surface area contributed by atoms with Crippen molar-refractivity contribution >= 4 is 28.8 Å². The Morgan fingerprint density at radius 3 is 2.24 bits per heavy atom. The number of amidine groups is 1. The molecule has 1 N–H and O–H groups in total. The van der Waals surface area contributed by atoms with Gasteiger partial charge in [0.05, 0.1) is 17.4 Å². The van der Waals surface area contributed by atoms with Gasteiger partial charge in [-0.1, -0.05) is 102 Å². The van der Waals surface area contributed by atoms with Crippen LogP contribution in [0, 0.1) is 0 Å². The third-order valence-corrected chi connectivity index (χ3v) is 6.59. The molecule has 0 spiro atoms. The molecule has 0 amide bonds. The minimum Gasteiger partial charge on any atom is -0.376 e. The van der Waals surface area contributed by atoms with Gasteiger partial charge in [-0.3, -0.25) is 4.90 Å². The minimum absolute atomic E-state index is 0.0124. The standard InChI is InChI=1S/C28H22ClN3O/c29-23-17-15-22(16-18-23)28-19-25(20-9-3-1-4-10-20)30-24-13-7-8-14-26(24)32(28)27(31-33-28)21-11-5-2-6-12-21/h1-18,25,30H,19H2. The molecular weight excluding hydrogens is 430 g/mol. The molecule has 4 aromatic rings. The summed E-state index contributed by atoms with van der Waals surface area (Å²) in [4.78, 5) is 8.69. The number of benzene rings is 4. The summed E-state index contributed by atoms with van der Waals surface area (Å²) < 4.78 is 0. The van der Waals surface area contributed by atoms with E-state index in [4.69, 9.17) is 16.4 Å². The summed E-state index contributed by atoms with van der Waals surface area (Å²) in [6.07, 6.45) is 0.646. The molecule has 5 heteroatoms. The lowest BCUT2D eigenvalue weighted by Gasteiger charge is -2.37. The molecule has 33 heavy (non-hydrogen) atoms. The predicted octanol–water partition coefficient (Wildman–Crippen LogP) is 6.95. The molecule has 2 aliphatic rings. The van der Waals surface area contributed by atoms with Gasteiger partial charge < -0.3 is 10.2 Å². The lowest BCUT2D eigenvalue weighted by molar-refractivity contribution is -0.0308. The first kappa shape index (κ1) is 19.9. The second-order valence-electron chi connectivity index (χ2n) is 8.33. The van der Waals surface area contributed by atoms with Gasteiger partial charge in [0.1, 0.15) is 0 Å². The lowest BCUT2D eigenvalue weighted by atomic mass is 9.90. The fourth-order valence-corrected chi connectivity index (χ4v) is 4.91. The summed E-state index contributed by atoms with van der Waals surface area (Å²) in [6, 6.07) is 36.9. The highest BCUT2D eigenvalue weighted by Gasteiger charge is 2.52. The van der Waals surface area contributed by atoms with Crippen molar-refractivity contribution < 1.29 is 4.84 Å². The van der Waals surface area contributed by atoms with Crippen LogP contribution in [-0.2, 0) is 10.6 Å². The molecule has 2 heterocycles. The Morgan fingerprint density at radius 1 is 0.818 bits per heavy atom. The molecule has 2 unspecified atom stereocenters. The maximum atomic E-state index is 6.46. The zero-order valence-corrected chi connectivity index (χ0v) is 18.6. The number of hydrogen-bond donors (Lipinski definition) is 1. The van der Waals surface area contributed by atoms with Crippen LogP contribution < -0.4 is 10.2 Å². The number of fused-ring (bicyclic) bond motifs is 3. The van der Waals surface area contributed by atoms with E-state index in [2.05, 4.69) is 76.0 Å². The smallest absolute Gasteiger partial charge is 0.243 e. The van der Waals surface area contributed by atoms with Crippen molar-refractivity contribution in [3.63, 3.8) is 0 Å². The molecule has 2 aliphatic heterocycles. The topological polar surface area (TPSA) is 36.9 Å². The van der Waals surface area contributed by atoms with E-state index in [1.807, 2.05) is 48.5 Å². The fraction of sp³-hybridized carbons (Fsp3) is 0.107. The number of rotatable bonds is 3. The Kier molecular flexibility index (Phi) is 4.81. The molecule has 0 saturated heterocycles. The Morgan fingerprint density at radius 2 is 1.48 bits per heavy atom. The maximum absolute atomic E-state index is 6.46. The first-order valence-electron chi connectivity index (χ1n) is 11.0. The highest BCUT2D eigenvalue weighted by molar-refractivity contribution is 6.30. The van der Waals surface area contributed by atoms with Crippen LogP contribution in [0.5, 0.6) is 0 Å². The van der Waals surface area contributed by atoms with Gasteiger partial charge in [0, 0.05) is 22.6 Å². The molecule has 4 nitrogen and oxygen atoms in total. The minimum atomic E-state index is -0.837. The summed E-state index contributed by atoms with van der Waals surface area (Å²) in [7, 11) is 0. The van der Waals surface area contributed by atoms with Crippen LogP contribution in [0.15, 0.2) is 114 Å². The third-order valence-electron chi connectivity index (χ3n) is 6.34. The van der Waals surface area contributed by atoms with Gasteiger partial charge >= 0.3 is 0 Å². The van der Waals surface area contributed by atoms with Gasteiger partial charge in [-0.2, -0.15) is 0 Å². The van der Waals surface area contributed by atoms with E-state index in [9.17, 15) is 0 Å². The molecule has 4 aromatic carbocycles. The predicted molar refractivity (Wildman–Crippen MR) is 134 cm³/mol. The van der Waals surface area contributed by atoms with E-state index in [0.717, 1.165) is 28.3 Å². The van der Waals surface area contributed by atoms with Crippen molar-refractivity contribution in [3.05, 3.63) is 131 Å². The number of oxime groups is 1. The first-order chi connectivity index (χ1) is 16.2. The van der Waals surface area contributed by atoms with Crippen LogP contribution in [0.1, 0.15) is 29.2 Å². The van der Waals surface area contributed by atoms with E-state index in [1.165, 1.54) is 5.56 Å². The highest BCUT2D eigenvalue weighted by Crippen LogP contribution is 2.51. The first-order valence-corrected chi connectivity index (χ1v) is 11.4. The van der Waals surface area contributed by atoms with Gasteiger partial charge in [-0.15, -0.1) is 0 Å². The zero-order chi connectivity index (χ0) is 22.3. The Balaban J connectivity index is 1.59. The molecule has 0 bridgehead atoms. The van der Waals surface area contributed by atoms with Crippen LogP contribution in [0.25, 0.3) is 0 Å². The van der Waals surface area contributed by atoms with Gasteiger partial charge in [0.15, 0.2) is 5.84 Å². The van der Waals surface area contributed by atoms with Crippen LogP contribution in [0.2, 0.25) is 5.02 Å². The quantitative estimate of drug-likeness (QED) is 0.366. The van der Waals surface area contributed by atoms with Crippen molar-refractivity contribution in [3.8, 4) is 0 Å². The number of hydrogen-bond acceptors (Lipinski definition) is 4. The molecule has 0 radical (unpaired) electrons. The Bertz CT molecular complexity index is 1310. The molecule has 6 rings (SSSR count). The van der Waals surface area contributed by atoms with Crippen molar-refractivity contribution in [2.24, 2.45) is 5.16 Å². The fourth-order valence-electron chi connectivity index (χ4n) is 4.78. The molecule has 2 atom stereocenters. The van der Waals surface area contributed by atoms with Crippen molar-refractivity contribution in [1.82, 2.24) is 0 Å². The van der Waals surface area contributed by atoms with Gasteiger partial charge in [0.25, 0.3) is 0 Å². The third kappa shape index (κ3) is 3.35. The molecule has 0 aliphatic carbocycles. The van der Waals surface area contributed by atoms with E-state index in [1.54, 1.807) is 0 Å². The molecule has 0 fully saturated rings. The van der Waals surface area contributed by atoms with E-state index in [-0.39, 0.29) is 6.04 Å². The monoisotopic (exact) mass is 451 g/mol. The van der Waals surface area contributed by atoms with Gasteiger partial charge in [-0.25, -0.2) is 0 Å². The number of halogens is 1. The normalized spacial score (nSPS) is 21.2. The van der Waals surface area contributed by atoms with Gasteiger partial charge in [-0.05, 0) is 29.8 Å². The second kappa shape index (κ2) is 7.98. The summed E-state index contributed by atoms with van der Waals surface area (Å²) in [5.74, 6) is 0.786.